The first-order chi connectivity index (χ1) is 8.72. The molecule has 1 aliphatic rings. The van der Waals surface area contributed by atoms with E-state index < -0.39 is 0 Å². The van der Waals surface area contributed by atoms with E-state index in [2.05, 4.69) is 20.7 Å². The standard InChI is InChI=1S/C12H14N4O2/c17-9-3-7(4-9)6-13-12(18)8-1-2-10-11(5-8)15-16-14-10/h1-2,5,7,9,17H,3-4,6H2,(H,13,18)(H,14,15,16). The van der Waals surface area contributed by atoms with Gasteiger partial charge in [-0.15, -0.1) is 0 Å². The van der Waals surface area contributed by atoms with Gasteiger partial charge in [-0.05, 0) is 37.0 Å². The summed E-state index contributed by atoms with van der Waals surface area (Å²) < 4.78 is 0. The van der Waals surface area contributed by atoms with Gasteiger partial charge in [-0.2, -0.15) is 15.4 Å². The van der Waals surface area contributed by atoms with Crippen molar-refractivity contribution in [3.8, 4) is 0 Å². The minimum atomic E-state index is -0.182. The van der Waals surface area contributed by atoms with Gasteiger partial charge in [0, 0.05) is 12.1 Å². The number of hydrogen-bond acceptors (Lipinski definition) is 4. The predicted molar refractivity (Wildman–Crippen MR) is 65.0 cm³/mol. The van der Waals surface area contributed by atoms with E-state index in [9.17, 15) is 4.79 Å². The number of amides is 1. The zero-order valence-electron chi connectivity index (χ0n) is 9.76. The monoisotopic (exact) mass is 246 g/mol. The van der Waals surface area contributed by atoms with Gasteiger partial charge in [-0.1, -0.05) is 0 Å². The summed E-state index contributed by atoms with van der Waals surface area (Å²) in [6.07, 6.45) is 1.38. The fourth-order valence-electron chi connectivity index (χ4n) is 2.19. The lowest BCUT2D eigenvalue weighted by Crippen LogP contribution is -2.38. The summed E-state index contributed by atoms with van der Waals surface area (Å²) in [6.45, 7) is 0.618. The second-order valence-electron chi connectivity index (χ2n) is 4.73. The van der Waals surface area contributed by atoms with Crippen molar-refractivity contribution in [2.75, 3.05) is 6.54 Å². The topological polar surface area (TPSA) is 90.9 Å². The molecule has 18 heavy (non-hydrogen) atoms. The molecule has 1 aliphatic carbocycles. The molecule has 0 unspecified atom stereocenters. The van der Waals surface area contributed by atoms with Gasteiger partial charge in [0.05, 0.1) is 6.10 Å². The number of carbonyl (C=O) groups excluding carboxylic acids is 1. The van der Waals surface area contributed by atoms with Crippen LogP contribution in [0.1, 0.15) is 23.2 Å². The second-order valence-corrected chi connectivity index (χ2v) is 4.73. The molecule has 0 saturated heterocycles. The first kappa shape index (κ1) is 11.2. The smallest absolute Gasteiger partial charge is 0.251 e. The first-order valence-corrected chi connectivity index (χ1v) is 5.99. The van der Waals surface area contributed by atoms with Crippen LogP contribution in [-0.4, -0.2) is 39.1 Å². The molecular formula is C12H14N4O2. The Balaban J connectivity index is 1.64. The van der Waals surface area contributed by atoms with Crippen molar-refractivity contribution in [3.05, 3.63) is 23.8 Å². The summed E-state index contributed by atoms with van der Waals surface area (Å²) in [5.74, 6) is 0.293. The SMILES string of the molecule is O=C(NCC1CC(O)C1)c1ccc2n[nH]nc2c1. The third-order valence-corrected chi connectivity index (χ3v) is 3.34. The minimum Gasteiger partial charge on any atom is -0.393 e. The van der Waals surface area contributed by atoms with Crippen molar-refractivity contribution in [3.63, 3.8) is 0 Å². The van der Waals surface area contributed by atoms with Crippen LogP contribution in [0.3, 0.4) is 0 Å². The fourth-order valence-corrected chi connectivity index (χ4v) is 2.19. The van der Waals surface area contributed by atoms with E-state index in [4.69, 9.17) is 5.11 Å². The van der Waals surface area contributed by atoms with Crippen molar-refractivity contribution in [1.82, 2.24) is 20.7 Å². The number of nitrogens with one attached hydrogen (secondary N) is 2. The number of aliphatic hydroxyl groups is 1. The molecular weight excluding hydrogens is 232 g/mol. The molecule has 1 heterocycles. The normalized spacial score (nSPS) is 22.7. The highest BCUT2D eigenvalue weighted by atomic mass is 16.3. The van der Waals surface area contributed by atoms with Crippen molar-refractivity contribution in [1.29, 1.82) is 0 Å². The van der Waals surface area contributed by atoms with Gasteiger partial charge in [0.25, 0.3) is 5.91 Å². The molecule has 1 amide bonds. The number of nitrogens with zero attached hydrogens (tertiary/aromatic N) is 2. The predicted octanol–water partition coefficient (Wildman–Crippen LogP) is 0.459. The largest absolute Gasteiger partial charge is 0.393 e. The maximum atomic E-state index is 11.9. The molecule has 3 N–H and O–H groups in total. The number of H-pyrrole nitrogens is 1. The van der Waals surface area contributed by atoms with Gasteiger partial charge in [0.1, 0.15) is 11.0 Å². The van der Waals surface area contributed by atoms with Crippen LogP contribution in [0.15, 0.2) is 18.2 Å². The van der Waals surface area contributed by atoms with E-state index in [1.54, 1.807) is 18.2 Å². The Kier molecular flexibility index (Phi) is 2.71. The zero-order valence-corrected chi connectivity index (χ0v) is 9.76. The molecule has 2 aromatic rings. The number of aromatic amines is 1. The Labute approximate surface area is 103 Å². The maximum absolute atomic E-state index is 11.9. The van der Waals surface area contributed by atoms with Crippen molar-refractivity contribution >= 4 is 16.9 Å². The van der Waals surface area contributed by atoms with Crippen LogP contribution in [0.2, 0.25) is 0 Å². The molecule has 0 radical (unpaired) electrons. The van der Waals surface area contributed by atoms with E-state index in [0.717, 1.165) is 18.4 Å². The van der Waals surface area contributed by atoms with Crippen LogP contribution in [0.5, 0.6) is 0 Å². The first-order valence-electron chi connectivity index (χ1n) is 5.99. The Morgan fingerprint density at radius 3 is 2.94 bits per heavy atom. The third-order valence-electron chi connectivity index (χ3n) is 3.34. The molecule has 0 spiro atoms. The van der Waals surface area contributed by atoms with Crippen LogP contribution in [0, 0.1) is 5.92 Å². The van der Waals surface area contributed by atoms with Crippen LogP contribution in [0.25, 0.3) is 11.0 Å². The Hall–Kier alpha value is -1.95. The lowest BCUT2D eigenvalue weighted by Gasteiger charge is -2.31. The van der Waals surface area contributed by atoms with Crippen molar-refractivity contribution in [2.24, 2.45) is 5.92 Å². The van der Waals surface area contributed by atoms with Crippen LogP contribution < -0.4 is 5.32 Å². The molecule has 1 saturated carbocycles. The van der Waals surface area contributed by atoms with E-state index in [1.165, 1.54) is 0 Å². The van der Waals surface area contributed by atoms with Gasteiger partial charge in [-0.25, -0.2) is 0 Å². The highest BCUT2D eigenvalue weighted by Gasteiger charge is 2.27. The summed E-state index contributed by atoms with van der Waals surface area (Å²) in [6, 6.07) is 5.21. The molecule has 0 atom stereocenters. The quantitative estimate of drug-likeness (QED) is 0.733. The number of rotatable bonds is 3. The summed E-state index contributed by atoms with van der Waals surface area (Å²) in [7, 11) is 0. The van der Waals surface area contributed by atoms with Gasteiger partial charge < -0.3 is 10.4 Å². The number of aromatic nitrogens is 3. The van der Waals surface area contributed by atoms with E-state index in [0.29, 0.717) is 23.5 Å². The Bertz CT molecular complexity index is 574. The number of fused-ring (bicyclic) bond motifs is 1. The number of hydrogen-bond donors (Lipinski definition) is 3. The van der Waals surface area contributed by atoms with Crippen molar-refractivity contribution < 1.29 is 9.90 Å². The van der Waals surface area contributed by atoms with E-state index >= 15 is 0 Å². The van der Waals surface area contributed by atoms with Crippen LogP contribution in [-0.2, 0) is 0 Å². The second kappa shape index (κ2) is 4.38. The molecule has 1 fully saturated rings. The number of carbonyl (C=O) groups is 1. The lowest BCUT2D eigenvalue weighted by atomic mass is 9.82. The molecule has 1 aromatic heterocycles. The summed E-state index contributed by atoms with van der Waals surface area (Å²) in [4.78, 5) is 11.9. The van der Waals surface area contributed by atoms with Crippen LogP contribution in [0.4, 0.5) is 0 Å². The lowest BCUT2D eigenvalue weighted by molar-refractivity contribution is 0.0420. The third kappa shape index (κ3) is 2.06. The molecule has 1 aromatic carbocycles. The van der Waals surface area contributed by atoms with Gasteiger partial charge in [0.2, 0.25) is 0 Å². The molecule has 94 valence electrons. The van der Waals surface area contributed by atoms with Crippen LogP contribution >= 0.6 is 0 Å². The van der Waals surface area contributed by atoms with Gasteiger partial charge >= 0.3 is 0 Å². The summed E-state index contributed by atoms with van der Waals surface area (Å²) >= 11 is 0. The Morgan fingerprint density at radius 2 is 2.17 bits per heavy atom. The molecule has 6 heteroatoms. The van der Waals surface area contributed by atoms with Gasteiger partial charge in [0.15, 0.2) is 0 Å². The minimum absolute atomic E-state index is 0.110. The molecule has 0 aliphatic heterocycles. The highest BCUT2D eigenvalue weighted by molar-refractivity contribution is 5.97. The average Bonchev–Trinajstić information content (AvgIpc) is 2.79. The summed E-state index contributed by atoms with van der Waals surface area (Å²) in [5, 5.41) is 22.4. The number of aliphatic hydroxyl groups excluding tert-OH is 1. The molecule has 0 bridgehead atoms. The Morgan fingerprint density at radius 1 is 1.39 bits per heavy atom. The maximum Gasteiger partial charge on any atom is 0.251 e. The average molecular weight is 246 g/mol. The van der Waals surface area contributed by atoms with Crippen molar-refractivity contribution in [2.45, 2.75) is 18.9 Å². The van der Waals surface area contributed by atoms with E-state index in [1.807, 2.05) is 0 Å². The molecule has 3 rings (SSSR count). The highest BCUT2D eigenvalue weighted by Crippen LogP contribution is 2.26. The van der Waals surface area contributed by atoms with E-state index in [-0.39, 0.29) is 12.0 Å². The molecule has 6 nitrogen and oxygen atoms in total. The number of benzene rings is 1. The summed E-state index contributed by atoms with van der Waals surface area (Å²) in [5.41, 5.74) is 2.01. The zero-order chi connectivity index (χ0) is 12.5. The fraction of sp³-hybridized carbons (Fsp3) is 0.417. The van der Waals surface area contributed by atoms with Gasteiger partial charge in [-0.3, -0.25) is 4.79 Å².